The first kappa shape index (κ1) is 15.4. The molecule has 3 N–H and O–H groups in total. The molecule has 96 valence electrons. The molecule has 16 heavy (non-hydrogen) atoms. The normalized spacial score (nSPS) is 17.7. The van der Waals surface area contributed by atoms with Crippen molar-refractivity contribution in [2.75, 3.05) is 13.1 Å². The molecule has 0 bridgehead atoms. The fraction of sp³-hybridized carbons (Fsp3) is 0.923. The van der Waals surface area contributed by atoms with E-state index in [4.69, 9.17) is 5.73 Å². The van der Waals surface area contributed by atoms with E-state index in [9.17, 15) is 4.79 Å². The third-order valence-corrected chi connectivity index (χ3v) is 3.83. The highest BCUT2D eigenvalue weighted by Crippen LogP contribution is 2.25. The standard InChI is InChI=1S/C13H28N2O/c1-7-13(6,9-14)11(16)15-8-10(2)12(3,4)5/h10H,7-9,14H2,1-6H3,(H,15,16). The van der Waals surface area contributed by atoms with Crippen LogP contribution in [-0.2, 0) is 4.79 Å². The van der Waals surface area contributed by atoms with Crippen LogP contribution in [0.5, 0.6) is 0 Å². The summed E-state index contributed by atoms with van der Waals surface area (Å²) in [7, 11) is 0. The number of carbonyl (C=O) groups excluding carboxylic acids is 1. The number of hydrogen-bond acceptors (Lipinski definition) is 2. The van der Waals surface area contributed by atoms with Gasteiger partial charge in [0.1, 0.15) is 0 Å². The van der Waals surface area contributed by atoms with Crippen LogP contribution in [-0.4, -0.2) is 19.0 Å². The summed E-state index contributed by atoms with van der Waals surface area (Å²) in [6, 6.07) is 0. The maximum absolute atomic E-state index is 12.0. The first-order valence-corrected chi connectivity index (χ1v) is 6.15. The Labute approximate surface area is 100 Å². The number of rotatable bonds is 5. The summed E-state index contributed by atoms with van der Waals surface area (Å²) in [5.74, 6) is 0.531. The van der Waals surface area contributed by atoms with Gasteiger partial charge in [0.25, 0.3) is 0 Å². The smallest absolute Gasteiger partial charge is 0.227 e. The largest absolute Gasteiger partial charge is 0.355 e. The fourth-order valence-electron chi connectivity index (χ4n) is 1.16. The molecule has 2 unspecified atom stereocenters. The highest BCUT2D eigenvalue weighted by atomic mass is 16.2. The molecule has 0 aromatic carbocycles. The molecule has 0 heterocycles. The van der Waals surface area contributed by atoms with Gasteiger partial charge in [-0.3, -0.25) is 4.79 Å². The van der Waals surface area contributed by atoms with Crippen LogP contribution in [0, 0.1) is 16.7 Å². The van der Waals surface area contributed by atoms with Crippen LogP contribution < -0.4 is 11.1 Å². The minimum Gasteiger partial charge on any atom is -0.355 e. The zero-order chi connectivity index (χ0) is 13.0. The average Bonchev–Trinajstić information content (AvgIpc) is 2.22. The lowest BCUT2D eigenvalue weighted by Gasteiger charge is -2.30. The molecule has 0 aliphatic heterocycles. The van der Waals surface area contributed by atoms with Crippen molar-refractivity contribution in [1.82, 2.24) is 5.32 Å². The number of nitrogens with one attached hydrogen (secondary N) is 1. The van der Waals surface area contributed by atoms with Crippen LogP contribution in [0.1, 0.15) is 48.0 Å². The first-order chi connectivity index (χ1) is 7.17. The summed E-state index contributed by atoms with van der Waals surface area (Å²) in [6.07, 6.45) is 0.777. The van der Waals surface area contributed by atoms with Crippen LogP contribution in [0.2, 0.25) is 0 Å². The second-order valence-corrected chi connectivity index (χ2v) is 6.10. The summed E-state index contributed by atoms with van der Waals surface area (Å²) < 4.78 is 0. The van der Waals surface area contributed by atoms with Gasteiger partial charge >= 0.3 is 0 Å². The van der Waals surface area contributed by atoms with Crippen LogP contribution in [0.4, 0.5) is 0 Å². The minimum absolute atomic E-state index is 0.0774. The van der Waals surface area contributed by atoms with E-state index in [-0.39, 0.29) is 11.3 Å². The van der Waals surface area contributed by atoms with Gasteiger partial charge in [0.15, 0.2) is 0 Å². The van der Waals surface area contributed by atoms with Gasteiger partial charge in [-0.1, -0.05) is 34.6 Å². The Morgan fingerprint density at radius 2 is 1.81 bits per heavy atom. The van der Waals surface area contributed by atoms with Gasteiger partial charge in [0.05, 0.1) is 5.41 Å². The van der Waals surface area contributed by atoms with Gasteiger partial charge in [-0.25, -0.2) is 0 Å². The number of nitrogens with two attached hydrogens (primary N) is 1. The van der Waals surface area contributed by atoms with E-state index in [1.54, 1.807) is 0 Å². The summed E-state index contributed by atoms with van der Waals surface area (Å²) in [6.45, 7) is 13.8. The molecular formula is C13H28N2O. The van der Waals surface area contributed by atoms with Gasteiger partial charge in [-0.05, 0) is 24.7 Å². The molecule has 0 aromatic rings. The summed E-state index contributed by atoms with van der Waals surface area (Å²) in [5, 5.41) is 3.01. The van der Waals surface area contributed by atoms with Crippen molar-refractivity contribution in [3.05, 3.63) is 0 Å². The lowest BCUT2D eigenvalue weighted by atomic mass is 9.81. The third kappa shape index (κ3) is 4.12. The summed E-state index contributed by atoms with van der Waals surface area (Å²) >= 11 is 0. The Bertz CT molecular complexity index is 227. The molecule has 3 nitrogen and oxygen atoms in total. The highest BCUT2D eigenvalue weighted by molar-refractivity contribution is 5.82. The highest BCUT2D eigenvalue weighted by Gasteiger charge is 2.30. The Morgan fingerprint density at radius 1 is 1.31 bits per heavy atom. The lowest BCUT2D eigenvalue weighted by molar-refractivity contribution is -0.130. The molecule has 2 atom stereocenters. The second-order valence-electron chi connectivity index (χ2n) is 6.10. The van der Waals surface area contributed by atoms with Crippen LogP contribution in [0.3, 0.4) is 0 Å². The van der Waals surface area contributed by atoms with Gasteiger partial charge in [-0.2, -0.15) is 0 Å². The fourth-order valence-corrected chi connectivity index (χ4v) is 1.16. The molecule has 0 saturated carbocycles. The maximum atomic E-state index is 12.0. The first-order valence-electron chi connectivity index (χ1n) is 6.15. The Morgan fingerprint density at radius 3 is 2.12 bits per heavy atom. The van der Waals surface area contributed by atoms with E-state index < -0.39 is 5.41 Å². The Hall–Kier alpha value is -0.570. The van der Waals surface area contributed by atoms with E-state index in [1.165, 1.54) is 0 Å². The summed E-state index contributed by atoms with van der Waals surface area (Å²) in [5.41, 5.74) is 5.45. The monoisotopic (exact) mass is 228 g/mol. The molecule has 3 heteroatoms. The predicted molar refractivity (Wildman–Crippen MR) is 69.1 cm³/mol. The van der Waals surface area contributed by atoms with Crippen molar-refractivity contribution in [2.24, 2.45) is 22.5 Å². The number of amides is 1. The number of hydrogen-bond donors (Lipinski definition) is 2. The van der Waals surface area contributed by atoms with Crippen molar-refractivity contribution in [3.63, 3.8) is 0 Å². The molecule has 0 spiro atoms. The predicted octanol–water partition coefficient (Wildman–Crippen LogP) is 2.16. The molecule has 0 radical (unpaired) electrons. The van der Waals surface area contributed by atoms with Gasteiger partial charge in [0.2, 0.25) is 5.91 Å². The van der Waals surface area contributed by atoms with E-state index in [2.05, 4.69) is 33.0 Å². The van der Waals surface area contributed by atoms with Crippen molar-refractivity contribution in [1.29, 1.82) is 0 Å². The molecule has 0 fully saturated rings. The Balaban J connectivity index is 4.28. The second kappa shape index (κ2) is 5.67. The molecule has 0 aliphatic rings. The molecule has 0 aliphatic carbocycles. The lowest BCUT2D eigenvalue weighted by Crippen LogP contribution is -2.45. The van der Waals surface area contributed by atoms with E-state index in [1.807, 2.05) is 13.8 Å². The van der Waals surface area contributed by atoms with E-state index in [0.717, 1.165) is 13.0 Å². The Kier molecular flexibility index (Phi) is 5.47. The van der Waals surface area contributed by atoms with Gasteiger partial charge < -0.3 is 11.1 Å². The molecule has 0 rings (SSSR count). The molecule has 0 saturated heterocycles. The zero-order valence-electron chi connectivity index (χ0n) is 11.7. The number of carbonyl (C=O) groups is 1. The van der Waals surface area contributed by atoms with Crippen molar-refractivity contribution in [2.45, 2.75) is 48.0 Å². The van der Waals surface area contributed by atoms with Gasteiger partial charge in [-0.15, -0.1) is 0 Å². The third-order valence-electron chi connectivity index (χ3n) is 3.83. The van der Waals surface area contributed by atoms with Crippen molar-refractivity contribution < 1.29 is 4.79 Å². The van der Waals surface area contributed by atoms with E-state index in [0.29, 0.717) is 12.5 Å². The van der Waals surface area contributed by atoms with Crippen molar-refractivity contribution >= 4 is 5.91 Å². The van der Waals surface area contributed by atoms with Crippen molar-refractivity contribution in [3.8, 4) is 0 Å². The maximum Gasteiger partial charge on any atom is 0.227 e. The zero-order valence-corrected chi connectivity index (χ0v) is 11.7. The van der Waals surface area contributed by atoms with Gasteiger partial charge in [0, 0.05) is 13.1 Å². The minimum atomic E-state index is -0.419. The topological polar surface area (TPSA) is 55.1 Å². The summed E-state index contributed by atoms with van der Waals surface area (Å²) in [4.78, 5) is 12.0. The molecular weight excluding hydrogens is 200 g/mol. The molecule has 0 aromatic heterocycles. The SMILES string of the molecule is CCC(C)(CN)C(=O)NCC(C)C(C)(C)C. The quantitative estimate of drug-likeness (QED) is 0.757. The van der Waals surface area contributed by atoms with Crippen LogP contribution in [0.15, 0.2) is 0 Å². The molecule has 1 amide bonds. The van der Waals surface area contributed by atoms with E-state index >= 15 is 0 Å². The van der Waals surface area contributed by atoms with Crippen LogP contribution >= 0.6 is 0 Å². The average molecular weight is 228 g/mol. The van der Waals surface area contributed by atoms with Crippen LogP contribution in [0.25, 0.3) is 0 Å².